The van der Waals surface area contributed by atoms with Crippen LogP contribution in [0.2, 0.25) is 5.02 Å². The van der Waals surface area contributed by atoms with Crippen molar-refractivity contribution in [3.63, 3.8) is 0 Å². The molecule has 0 radical (unpaired) electrons. The van der Waals surface area contributed by atoms with Crippen molar-refractivity contribution < 1.29 is 4.42 Å². The van der Waals surface area contributed by atoms with Crippen molar-refractivity contribution >= 4 is 11.6 Å². The maximum absolute atomic E-state index is 6.00. The van der Waals surface area contributed by atoms with Crippen LogP contribution in [0, 0.1) is 0 Å². The standard InChI is InChI=1S/C18H18ClN3O/c1-2-22(12-14-7-4-3-5-8-14)13-17-20-21-18(23-17)15-9-6-10-16(19)11-15/h3-11H,2,12-13H2,1H3. The molecule has 0 fully saturated rings. The summed E-state index contributed by atoms with van der Waals surface area (Å²) in [5.41, 5.74) is 2.10. The number of aromatic nitrogens is 2. The van der Waals surface area contributed by atoms with Crippen molar-refractivity contribution in [3.8, 4) is 11.5 Å². The van der Waals surface area contributed by atoms with Crippen molar-refractivity contribution in [3.05, 3.63) is 71.1 Å². The Bertz CT molecular complexity index is 758. The lowest BCUT2D eigenvalue weighted by molar-refractivity contribution is 0.243. The Labute approximate surface area is 140 Å². The average molecular weight is 328 g/mol. The summed E-state index contributed by atoms with van der Waals surface area (Å²) < 4.78 is 5.77. The van der Waals surface area contributed by atoms with Gasteiger partial charge in [0.05, 0.1) is 6.54 Å². The van der Waals surface area contributed by atoms with Gasteiger partial charge in [0.1, 0.15) is 0 Å². The average Bonchev–Trinajstić information content (AvgIpc) is 3.04. The Hall–Kier alpha value is -2.17. The van der Waals surface area contributed by atoms with Crippen LogP contribution >= 0.6 is 11.6 Å². The van der Waals surface area contributed by atoms with Crippen LogP contribution in [0.4, 0.5) is 0 Å². The molecule has 5 heteroatoms. The van der Waals surface area contributed by atoms with Crippen LogP contribution < -0.4 is 0 Å². The summed E-state index contributed by atoms with van der Waals surface area (Å²) >= 11 is 6.00. The Morgan fingerprint density at radius 1 is 1.00 bits per heavy atom. The fraction of sp³-hybridized carbons (Fsp3) is 0.222. The summed E-state index contributed by atoms with van der Waals surface area (Å²) in [5.74, 6) is 1.11. The largest absolute Gasteiger partial charge is 0.419 e. The number of hydrogen-bond acceptors (Lipinski definition) is 4. The SMILES string of the molecule is CCN(Cc1ccccc1)Cc1nnc(-c2cccc(Cl)c2)o1. The summed E-state index contributed by atoms with van der Waals surface area (Å²) in [6, 6.07) is 17.8. The van der Waals surface area contributed by atoms with E-state index in [9.17, 15) is 0 Å². The molecule has 3 rings (SSSR count). The summed E-state index contributed by atoms with van der Waals surface area (Å²) in [5, 5.41) is 8.92. The van der Waals surface area contributed by atoms with E-state index in [0.717, 1.165) is 18.7 Å². The molecule has 118 valence electrons. The Kier molecular flexibility index (Phi) is 5.05. The summed E-state index contributed by atoms with van der Waals surface area (Å²) in [6.07, 6.45) is 0. The van der Waals surface area contributed by atoms with Crippen LogP contribution in [-0.2, 0) is 13.1 Å². The van der Waals surface area contributed by atoms with E-state index < -0.39 is 0 Å². The Morgan fingerprint density at radius 3 is 2.57 bits per heavy atom. The first kappa shape index (κ1) is 15.7. The van der Waals surface area contributed by atoms with Gasteiger partial charge in [-0.1, -0.05) is 54.9 Å². The van der Waals surface area contributed by atoms with Crippen LogP contribution in [0.3, 0.4) is 0 Å². The molecule has 0 spiro atoms. The second-order valence-electron chi connectivity index (χ2n) is 5.30. The van der Waals surface area contributed by atoms with E-state index in [4.69, 9.17) is 16.0 Å². The molecule has 0 bridgehead atoms. The van der Waals surface area contributed by atoms with Crippen LogP contribution in [0.5, 0.6) is 0 Å². The fourth-order valence-electron chi connectivity index (χ4n) is 2.37. The summed E-state index contributed by atoms with van der Waals surface area (Å²) in [6.45, 7) is 4.51. The maximum Gasteiger partial charge on any atom is 0.247 e. The van der Waals surface area contributed by atoms with E-state index in [-0.39, 0.29) is 0 Å². The predicted molar refractivity (Wildman–Crippen MR) is 91.0 cm³/mol. The molecule has 1 heterocycles. The molecule has 0 aliphatic heterocycles. The second kappa shape index (κ2) is 7.40. The van der Waals surface area contributed by atoms with Gasteiger partial charge in [-0.2, -0.15) is 0 Å². The molecular weight excluding hydrogens is 310 g/mol. The van der Waals surface area contributed by atoms with Gasteiger partial charge in [-0.25, -0.2) is 0 Å². The van der Waals surface area contributed by atoms with Gasteiger partial charge in [-0.3, -0.25) is 4.90 Å². The minimum absolute atomic E-state index is 0.498. The van der Waals surface area contributed by atoms with Gasteiger partial charge in [-0.15, -0.1) is 10.2 Å². The first-order valence-electron chi connectivity index (χ1n) is 7.59. The predicted octanol–water partition coefficient (Wildman–Crippen LogP) is 4.41. The molecule has 0 aliphatic carbocycles. The second-order valence-corrected chi connectivity index (χ2v) is 5.74. The highest BCUT2D eigenvalue weighted by molar-refractivity contribution is 6.30. The molecule has 23 heavy (non-hydrogen) atoms. The Morgan fingerprint density at radius 2 is 1.83 bits per heavy atom. The zero-order valence-electron chi connectivity index (χ0n) is 12.9. The fourth-order valence-corrected chi connectivity index (χ4v) is 2.56. The lowest BCUT2D eigenvalue weighted by atomic mass is 10.2. The van der Waals surface area contributed by atoms with E-state index in [2.05, 4.69) is 34.2 Å². The van der Waals surface area contributed by atoms with E-state index in [1.807, 2.05) is 42.5 Å². The number of halogens is 1. The van der Waals surface area contributed by atoms with E-state index >= 15 is 0 Å². The number of benzene rings is 2. The number of rotatable bonds is 6. The molecule has 0 N–H and O–H groups in total. The molecule has 0 atom stereocenters. The van der Waals surface area contributed by atoms with Gasteiger partial charge in [0, 0.05) is 17.1 Å². The normalized spacial score (nSPS) is 11.1. The highest BCUT2D eigenvalue weighted by atomic mass is 35.5. The van der Waals surface area contributed by atoms with Crippen molar-refractivity contribution in [1.82, 2.24) is 15.1 Å². The third kappa shape index (κ3) is 4.18. The van der Waals surface area contributed by atoms with Crippen LogP contribution in [0.1, 0.15) is 18.4 Å². The van der Waals surface area contributed by atoms with Gasteiger partial charge < -0.3 is 4.42 Å². The van der Waals surface area contributed by atoms with E-state index in [1.54, 1.807) is 0 Å². The summed E-state index contributed by atoms with van der Waals surface area (Å²) in [7, 11) is 0. The molecule has 0 saturated heterocycles. The highest BCUT2D eigenvalue weighted by Crippen LogP contribution is 2.22. The third-order valence-electron chi connectivity index (χ3n) is 3.59. The number of nitrogens with zero attached hydrogens (tertiary/aromatic N) is 3. The van der Waals surface area contributed by atoms with Gasteiger partial charge in [0.2, 0.25) is 11.8 Å². The number of hydrogen-bond donors (Lipinski definition) is 0. The molecule has 0 amide bonds. The zero-order chi connectivity index (χ0) is 16.1. The zero-order valence-corrected chi connectivity index (χ0v) is 13.7. The molecule has 0 aliphatic rings. The summed E-state index contributed by atoms with van der Waals surface area (Å²) in [4.78, 5) is 2.25. The highest BCUT2D eigenvalue weighted by Gasteiger charge is 2.12. The first-order chi connectivity index (χ1) is 11.2. The molecule has 0 unspecified atom stereocenters. The van der Waals surface area contributed by atoms with E-state index in [1.165, 1.54) is 5.56 Å². The molecule has 0 saturated carbocycles. The van der Waals surface area contributed by atoms with Crippen LogP contribution in [0.15, 0.2) is 59.0 Å². The minimum atomic E-state index is 0.498. The van der Waals surface area contributed by atoms with Gasteiger partial charge >= 0.3 is 0 Å². The molecule has 2 aromatic carbocycles. The topological polar surface area (TPSA) is 42.2 Å². The van der Waals surface area contributed by atoms with Gasteiger partial charge in [0.25, 0.3) is 0 Å². The first-order valence-corrected chi connectivity index (χ1v) is 7.97. The lowest BCUT2D eigenvalue weighted by Crippen LogP contribution is -2.22. The third-order valence-corrected chi connectivity index (χ3v) is 3.83. The molecule has 1 aromatic heterocycles. The van der Waals surface area contributed by atoms with Crippen molar-refractivity contribution in [2.75, 3.05) is 6.54 Å². The smallest absolute Gasteiger partial charge is 0.247 e. The maximum atomic E-state index is 6.00. The molecular formula is C18H18ClN3O. The van der Waals surface area contributed by atoms with Crippen LogP contribution in [-0.4, -0.2) is 21.6 Å². The van der Waals surface area contributed by atoms with Crippen molar-refractivity contribution in [2.45, 2.75) is 20.0 Å². The Balaban J connectivity index is 1.70. The monoisotopic (exact) mass is 327 g/mol. The minimum Gasteiger partial charge on any atom is -0.419 e. The quantitative estimate of drug-likeness (QED) is 0.672. The van der Waals surface area contributed by atoms with Crippen molar-refractivity contribution in [2.24, 2.45) is 0 Å². The van der Waals surface area contributed by atoms with Gasteiger partial charge in [0.15, 0.2) is 0 Å². The van der Waals surface area contributed by atoms with Crippen LogP contribution in [0.25, 0.3) is 11.5 Å². The lowest BCUT2D eigenvalue weighted by Gasteiger charge is -2.18. The van der Waals surface area contributed by atoms with E-state index in [0.29, 0.717) is 23.3 Å². The molecule has 4 nitrogen and oxygen atoms in total. The van der Waals surface area contributed by atoms with Crippen molar-refractivity contribution in [1.29, 1.82) is 0 Å². The van der Waals surface area contributed by atoms with Gasteiger partial charge in [-0.05, 0) is 30.3 Å². The molecule has 3 aromatic rings.